The molecule has 1 saturated heterocycles. The van der Waals surface area contributed by atoms with Crippen LogP contribution in [0.25, 0.3) is 0 Å². The molecule has 1 fully saturated rings. The van der Waals surface area contributed by atoms with E-state index < -0.39 is 12.0 Å². The second kappa shape index (κ2) is 8.05. The highest BCUT2D eigenvalue weighted by Gasteiger charge is 2.20. The topological polar surface area (TPSA) is 87.7 Å². The van der Waals surface area contributed by atoms with Gasteiger partial charge in [-0.3, -0.25) is 4.79 Å². The van der Waals surface area contributed by atoms with E-state index in [1.54, 1.807) is 0 Å². The summed E-state index contributed by atoms with van der Waals surface area (Å²) < 4.78 is 4.75. The van der Waals surface area contributed by atoms with Crippen molar-refractivity contribution in [2.75, 3.05) is 20.3 Å². The van der Waals surface area contributed by atoms with Crippen molar-refractivity contribution in [3.05, 3.63) is 0 Å². The molecule has 18 heavy (non-hydrogen) atoms. The molecule has 0 radical (unpaired) electrons. The number of piperidine rings is 1. The lowest BCUT2D eigenvalue weighted by Crippen LogP contribution is -2.44. The van der Waals surface area contributed by atoms with E-state index in [2.05, 4.69) is 10.6 Å². The van der Waals surface area contributed by atoms with Crippen molar-refractivity contribution in [3.8, 4) is 0 Å². The summed E-state index contributed by atoms with van der Waals surface area (Å²) >= 11 is 0. The Balaban J connectivity index is 2.24. The molecule has 104 valence electrons. The molecule has 1 amide bonds. The highest BCUT2D eigenvalue weighted by atomic mass is 16.5. The molecule has 0 aromatic heterocycles. The Hall–Kier alpha value is -1.14. The van der Waals surface area contributed by atoms with E-state index in [9.17, 15) is 9.59 Å². The molecule has 0 aliphatic carbocycles. The van der Waals surface area contributed by atoms with Crippen LogP contribution in [0.1, 0.15) is 32.1 Å². The molecule has 1 heterocycles. The third-order valence-corrected chi connectivity index (χ3v) is 3.10. The van der Waals surface area contributed by atoms with E-state index in [0.717, 1.165) is 19.4 Å². The summed E-state index contributed by atoms with van der Waals surface area (Å²) in [6.07, 6.45) is 4.59. The van der Waals surface area contributed by atoms with Crippen LogP contribution < -0.4 is 10.6 Å². The SMILES string of the molecule is COCC(NC(=O)CCC1CCCCN1)C(=O)O. The second-order valence-corrected chi connectivity index (χ2v) is 4.60. The van der Waals surface area contributed by atoms with Gasteiger partial charge in [-0.25, -0.2) is 4.79 Å². The molecule has 3 N–H and O–H groups in total. The maximum Gasteiger partial charge on any atom is 0.328 e. The van der Waals surface area contributed by atoms with E-state index >= 15 is 0 Å². The lowest BCUT2D eigenvalue weighted by molar-refractivity contribution is -0.143. The molecule has 0 aromatic rings. The summed E-state index contributed by atoms with van der Waals surface area (Å²) in [5.41, 5.74) is 0. The number of ether oxygens (including phenoxy) is 1. The fourth-order valence-electron chi connectivity index (χ4n) is 2.08. The summed E-state index contributed by atoms with van der Waals surface area (Å²) in [4.78, 5) is 22.4. The molecular formula is C12H22N2O4. The Morgan fingerprint density at radius 1 is 1.50 bits per heavy atom. The van der Waals surface area contributed by atoms with Gasteiger partial charge >= 0.3 is 5.97 Å². The Morgan fingerprint density at radius 2 is 2.28 bits per heavy atom. The third kappa shape index (κ3) is 5.46. The quantitative estimate of drug-likeness (QED) is 0.604. The zero-order valence-electron chi connectivity index (χ0n) is 10.8. The molecule has 0 spiro atoms. The number of carboxylic acids is 1. The van der Waals surface area contributed by atoms with Crippen molar-refractivity contribution < 1.29 is 19.4 Å². The first-order valence-electron chi connectivity index (χ1n) is 6.38. The molecule has 2 atom stereocenters. The van der Waals surface area contributed by atoms with Crippen LogP contribution in [0, 0.1) is 0 Å². The number of carbonyl (C=O) groups excluding carboxylic acids is 1. The molecule has 0 saturated carbocycles. The number of nitrogens with one attached hydrogen (secondary N) is 2. The fraction of sp³-hybridized carbons (Fsp3) is 0.833. The minimum Gasteiger partial charge on any atom is -0.480 e. The molecule has 6 heteroatoms. The standard InChI is InChI=1S/C12H22N2O4/c1-18-8-10(12(16)17)14-11(15)6-5-9-4-2-3-7-13-9/h9-10,13H,2-8H2,1H3,(H,14,15)(H,16,17). The Morgan fingerprint density at radius 3 is 2.83 bits per heavy atom. The Kier molecular flexibility index (Phi) is 6.67. The number of carbonyl (C=O) groups is 2. The number of carboxylic acid groups (broad SMARTS) is 1. The van der Waals surface area contributed by atoms with E-state index in [4.69, 9.17) is 9.84 Å². The monoisotopic (exact) mass is 258 g/mol. The van der Waals surface area contributed by atoms with E-state index in [-0.39, 0.29) is 12.5 Å². The van der Waals surface area contributed by atoms with Crippen molar-refractivity contribution in [2.24, 2.45) is 0 Å². The Labute approximate surface area is 107 Å². The zero-order valence-corrected chi connectivity index (χ0v) is 10.8. The average Bonchev–Trinajstić information content (AvgIpc) is 2.37. The number of amides is 1. The zero-order chi connectivity index (χ0) is 13.4. The van der Waals surface area contributed by atoms with Crippen LogP contribution >= 0.6 is 0 Å². The first kappa shape index (κ1) is 14.9. The summed E-state index contributed by atoms with van der Waals surface area (Å²) in [5.74, 6) is -1.30. The van der Waals surface area contributed by atoms with Gasteiger partial charge in [0, 0.05) is 19.6 Å². The average molecular weight is 258 g/mol. The van der Waals surface area contributed by atoms with Crippen LogP contribution in [-0.2, 0) is 14.3 Å². The van der Waals surface area contributed by atoms with Gasteiger partial charge in [-0.2, -0.15) is 0 Å². The number of hydrogen-bond acceptors (Lipinski definition) is 4. The van der Waals surface area contributed by atoms with Gasteiger partial charge in [0.1, 0.15) is 0 Å². The van der Waals surface area contributed by atoms with Crippen molar-refractivity contribution in [2.45, 2.75) is 44.2 Å². The van der Waals surface area contributed by atoms with Crippen molar-refractivity contribution in [1.29, 1.82) is 0 Å². The Bertz CT molecular complexity index is 277. The van der Waals surface area contributed by atoms with Crippen molar-refractivity contribution in [1.82, 2.24) is 10.6 Å². The number of methoxy groups -OCH3 is 1. The normalized spacial score (nSPS) is 21.3. The maximum atomic E-state index is 11.6. The van der Waals surface area contributed by atoms with Crippen LogP contribution in [0.2, 0.25) is 0 Å². The fourth-order valence-corrected chi connectivity index (χ4v) is 2.08. The molecule has 0 aromatic carbocycles. The van der Waals surface area contributed by atoms with Crippen molar-refractivity contribution >= 4 is 11.9 Å². The second-order valence-electron chi connectivity index (χ2n) is 4.60. The first-order valence-corrected chi connectivity index (χ1v) is 6.38. The summed E-state index contributed by atoms with van der Waals surface area (Å²) in [5, 5.41) is 14.7. The number of rotatable bonds is 7. The summed E-state index contributed by atoms with van der Waals surface area (Å²) in [6, 6.07) is -0.572. The van der Waals surface area contributed by atoms with E-state index in [1.807, 2.05) is 0 Å². The summed E-state index contributed by atoms with van der Waals surface area (Å²) in [7, 11) is 1.41. The third-order valence-electron chi connectivity index (χ3n) is 3.10. The number of aliphatic carboxylic acids is 1. The number of hydrogen-bond donors (Lipinski definition) is 3. The minimum atomic E-state index is -1.07. The van der Waals surface area contributed by atoms with Gasteiger partial charge < -0.3 is 20.5 Å². The molecular weight excluding hydrogens is 236 g/mol. The van der Waals surface area contributed by atoms with Gasteiger partial charge in [-0.1, -0.05) is 6.42 Å². The van der Waals surface area contributed by atoms with Crippen molar-refractivity contribution in [3.63, 3.8) is 0 Å². The molecule has 0 bridgehead atoms. The molecule has 6 nitrogen and oxygen atoms in total. The van der Waals surface area contributed by atoms with Gasteiger partial charge in [0.2, 0.25) is 5.91 Å². The first-order chi connectivity index (χ1) is 8.63. The van der Waals surface area contributed by atoms with E-state index in [1.165, 1.54) is 20.0 Å². The van der Waals surface area contributed by atoms with Crippen LogP contribution in [0.4, 0.5) is 0 Å². The lowest BCUT2D eigenvalue weighted by atomic mass is 10.0. The van der Waals surface area contributed by atoms with Gasteiger partial charge in [0.25, 0.3) is 0 Å². The molecule has 1 rings (SSSR count). The predicted molar refractivity (Wildman–Crippen MR) is 66.3 cm³/mol. The predicted octanol–water partition coefficient (Wildman–Crippen LogP) is 0.125. The van der Waals surface area contributed by atoms with Crippen LogP contribution in [0.15, 0.2) is 0 Å². The van der Waals surface area contributed by atoms with Crippen LogP contribution in [-0.4, -0.2) is 49.3 Å². The maximum absolute atomic E-state index is 11.6. The summed E-state index contributed by atoms with van der Waals surface area (Å²) in [6.45, 7) is 0.996. The van der Waals surface area contributed by atoms with Gasteiger partial charge in [-0.15, -0.1) is 0 Å². The highest BCUT2D eigenvalue weighted by molar-refractivity contribution is 5.83. The minimum absolute atomic E-state index is 0.0112. The highest BCUT2D eigenvalue weighted by Crippen LogP contribution is 2.11. The smallest absolute Gasteiger partial charge is 0.328 e. The molecule has 1 aliphatic rings. The lowest BCUT2D eigenvalue weighted by Gasteiger charge is -2.23. The molecule has 2 unspecified atom stereocenters. The van der Waals surface area contributed by atoms with Gasteiger partial charge in [0.15, 0.2) is 6.04 Å². The van der Waals surface area contributed by atoms with Crippen LogP contribution in [0.3, 0.4) is 0 Å². The molecule has 1 aliphatic heterocycles. The van der Waals surface area contributed by atoms with E-state index in [0.29, 0.717) is 12.5 Å². The largest absolute Gasteiger partial charge is 0.480 e. The van der Waals surface area contributed by atoms with Gasteiger partial charge in [-0.05, 0) is 25.8 Å². The van der Waals surface area contributed by atoms with Crippen LogP contribution in [0.5, 0.6) is 0 Å². The van der Waals surface area contributed by atoms with Gasteiger partial charge in [0.05, 0.1) is 6.61 Å².